The van der Waals surface area contributed by atoms with E-state index in [9.17, 15) is 4.79 Å². The third-order valence-electron chi connectivity index (χ3n) is 3.34. The SMILES string of the molecule is CN1CCCN(C)C(C(=O)c2cnnn2C)C1. The quantitative estimate of drug-likeness (QED) is 0.657. The Hall–Kier alpha value is -1.27. The fraction of sp³-hybridized carbons (Fsp3) is 0.727. The van der Waals surface area contributed by atoms with E-state index in [1.54, 1.807) is 17.9 Å². The van der Waals surface area contributed by atoms with E-state index < -0.39 is 0 Å². The molecule has 0 saturated carbocycles. The number of rotatable bonds is 2. The van der Waals surface area contributed by atoms with Gasteiger partial charge in [0.05, 0.1) is 12.2 Å². The summed E-state index contributed by atoms with van der Waals surface area (Å²) in [6, 6.07) is -0.0975. The fourth-order valence-corrected chi connectivity index (χ4v) is 2.24. The topological polar surface area (TPSA) is 54.3 Å². The molecule has 94 valence electrons. The lowest BCUT2D eigenvalue weighted by molar-refractivity contribution is 0.0829. The molecule has 6 heteroatoms. The minimum atomic E-state index is -0.0975. The molecule has 17 heavy (non-hydrogen) atoms. The molecular formula is C11H19N5O. The molecule has 0 aromatic carbocycles. The molecule has 0 radical (unpaired) electrons. The van der Waals surface area contributed by atoms with E-state index in [-0.39, 0.29) is 11.8 Å². The highest BCUT2D eigenvalue weighted by Gasteiger charge is 2.29. The maximum absolute atomic E-state index is 12.4. The summed E-state index contributed by atoms with van der Waals surface area (Å²) in [5.74, 6) is 0.105. The van der Waals surface area contributed by atoms with E-state index in [1.165, 1.54) is 0 Å². The summed E-state index contributed by atoms with van der Waals surface area (Å²) in [7, 11) is 5.81. The predicted octanol–water partition coefficient (Wildman–Crippen LogP) is -0.366. The van der Waals surface area contributed by atoms with E-state index >= 15 is 0 Å². The van der Waals surface area contributed by atoms with Crippen LogP contribution in [-0.4, -0.2) is 70.3 Å². The fourth-order valence-electron chi connectivity index (χ4n) is 2.24. The lowest BCUT2D eigenvalue weighted by atomic mass is 10.1. The van der Waals surface area contributed by atoms with Crippen molar-refractivity contribution < 1.29 is 4.79 Å². The molecular weight excluding hydrogens is 218 g/mol. The summed E-state index contributed by atoms with van der Waals surface area (Å²) < 4.78 is 1.54. The largest absolute Gasteiger partial charge is 0.304 e. The third kappa shape index (κ3) is 2.53. The van der Waals surface area contributed by atoms with Gasteiger partial charge >= 0.3 is 0 Å². The maximum Gasteiger partial charge on any atom is 0.200 e. The van der Waals surface area contributed by atoms with Crippen LogP contribution in [0.3, 0.4) is 0 Å². The molecule has 1 aliphatic rings. The van der Waals surface area contributed by atoms with Crippen LogP contribution < -0.4 is 0 Å². The summed E-state index contributed by atoms with van der Waals surface area (Å²) >= 11 is 0. The normalized spacial score (nSPS) is 23.6. The smallest absolute Gasteiger partial charge is 0.200 e. The average Bonchev–Trinajstić information content (AvgIpc) is 2.63. The molecule has 1 saturated heterocycles. The van der Waals surface area contributed by atoms with Crippen LogP contribution in [0.2, 0.25) is 0 Å². The van der Waals surface area contributed by atoms with Gasteiger partial charge in [0.15, 0.2) is 0 Å². The van der Waals surface area contributed by atoms with Crippen LogP contribution in [-0.2, 0) is 7.05 Å². The van der Waals surface area contributed by atoms with Gasteiger partial charge in [0, 0.05) is 13.6 Å². The van der Waals surface area contributed by atoms with Crippen molar-refractivity contribution >= 4 is 5.78 Å². The van der Waals surface area contributed by atoms with Crippen LogP contribution in [0.25, 0.3) is 0 Å². The second-order valence-electron chi connectivity index (χ2n) is 4.72. The molecule has 0 spiro atoms. The van der Waals surface area contributed by atoms with Gasteiger partial charge < -0.3 is 4.90 Å². The van der Waals surface area contributed by atoms with Crippen LogP contribution in [0.4, 0.5) is 0 Å². The molecule has 1 aromatic rings. The summed E-state index contributed by atoms with van der Waals surface area (Å²) in [5.41, 5.74) is 0.581. The molecule has 1 fully saturated rings. The Bertz CT molecular complexity index is 402. The maximum atomic E-state index is 12.4. The zero-order valence-electron chi connectivity index (χ0n) is 10.6. The van der Waals surface area contributed by atoms with Gasteiger partial charge in [-0.2, -0.15) is 0 Å². The molecule has 1 atom stereocenters. The number of nitrogens with zero attached hydrogens (tertiary/aromatic N) is 5. The molecule has 1 aliphatic heterocycles. The van der Waals surface area contributed by atoms with Crippen LogP contribution in [0, 0.1) is 0 Å². The van der Waals surface area contributed by atoms with Crippen molar-refractivity contribution in [2.75, 3.05) is 33.7 Å². The number of aromatic nitrogens is 3. The van der Waals surface area contributed by atoms with Gasteiger partial charge in [0.25, 0.3) is 0 Å². The van der Waals surface area contributed by atoms with E-state index in [2.05, 4.69) is 27.2 Å². The molecule has 2 rings (SSSR count). The standard InChI is InChI=1S/C11H19N5O/c1-14-5-4-6-15(2)10(8-14)11(17)9-7-12-13-16(9)3/h7,10H,4-6,8H2,1-3H3. The number of hydrogen-bond acceptors (Lipinski definition) is 5. The van der Waals surface area contributed by atoms with Crippen molar-refractivity contribution in [1.29, 1.82) is 0 Å². The van der Waals surface area contributed by atoms with Crippen molar-refractivity contribution in [3.05, 3.63) is 11.9 Å². The number of aryl methyl sites for hydroxylation is 1. The van der Waals surface area contributed by atoms with Crippen molar-refractivity contribution in [3.63, 3.8) is 0 Å². The third-order valence-corrected chi connectivity index (χ3v) is 3.34. The monoisotopic (exact) mass is 237 g/mol. The highest BCUT2D eigenvalue weighted by Crippen LogP contribution is 2.11. The minimum absolute atomic E-state index is 0.0975. The van der Waals surface area contributed by atoms with Crippen LogP contribution in [0.1, 0.15) is 16.9 Å². The number of likely N-dealkylation sites (N-methyl/N-ethyl adjacent to an activating group) is 2. The number of carbonyl (C=O) groups excluding carboxylic acids is 1. The first-order chi connectivity index (χ1) is 8.09. The first-order valence-electron chi connectivity index (χ1n) is 5.87. The van der Waals surface area contributed by atoms with Gasteiger partial charge in [0.2, 0.25) is 5.78 Å². The van der Waals surface area contributed by atoms with Gasteiger partial charge in [-0.05, 0) is 33.6 Å². The number of ketones is 1. The number of carbonyl (C=O) groups is 1. The van der Waals surface area contributed by atoms with Gasteiger partial charge in [-0.25, -0.2) is 4.68 Å². The number of Topliss-reactive ketones (excluding diaryl/α,β-unsaturated/α-hetero) is 1. The summed E-state index contributed by atoms with van der Waals surface area (Å²) in [4.78, 5) is 16.7. The van der Waals surface area contributed by atoms with Crippen molar-refractivity contribution in [2.24, 2.45) is 7.05 Å². The Morgan fingerprint density at radius 3 is 2.76 bits per heavy atom. The lowest BCUT2D eigenvalue weighted by Crippen LogP contribution is -2.44. The van der Waals surface area contributed by atoms with Gasteiger partial charge in [-0.1, -0.05) is 5.21 Å². The van der Waals surface area contributed by atoms with Crippen LogP contribution >= 0.6 is 0 Å². The van der Waals surface area contributed by atoms with Crippen molar-refractivity contribution in [3.8, 4) is 0 Å². The van der Waals surface area contributed by atoms with Crippen molar-refractivity contribution in [1.82, 2.24) is 24.8 Å². The molecule has 1 aromatic heterocycles. The predicted molar refractivity (Wildman–Crippen MR) is 63.9 cm³/mol. The second-order valence-corrected chi connectivity index (χ2v) is 4.72. The molecule has 1 unspecified atom stereocenters. The Labute approximate surface area is 101 Å². The molecule has 0 bridgehead atoms. The highest BCUT2D eigenvalue weighted by molar-refractivity contribution is 5.98. The van der Waals surface area contributed by atoms with Crippen molar-refractivity contribution in [2.45, 2.75) is 12.5 Å². The Morgan fingerprint density at radius 1 is 1.35 bits per heavy atom. The molecule has 2 heterocycles. The minimum Gasteiger partial charge on any atom is -0.304 e. The summed E-state index contributed by atoms with van der Waals surface area (Å²) in [5, 5.41) is 7.58. The van der Waals surface area contributed by atoms with Crippen LogP contribution in [0.5, 0.6) is 0 Å². The molecule has 0 N–H and O–H groups in total. The zero-order valence-corrected chi connectivity index (χ0v) is 10.6. The average molecular weight is 237 g/mol. The van der Waals surface area contributed by atoms with Gasteiger partial charge in [0.1, 0.15) is 5.69 Å². The van der Waals surface area contributed by atoms with Gasteiger partial charge in [-0.3, -0.25) is 9.69 Å². The van der Waals surface area contributed by atoms with E-state index in [0.717, 1.165) is 26.1 Å². The molecule has 6 nitrogen and oxygen atoms in total. The summed E-state index contributed by atoms with van der Waals surface area (Å²) in [6.07, 6.45) is 2.64. The molecule has 0 amide bonds. The first kappa shape index (κ1) is 12.2. The van der Waals surface area contributed by atoms with E-state index in [1.807, 2.05) is 7.05 Å². The highest BCUT2D eigenvalue weighted by atomic mass is 16.1. The van der Waals surface area contributed by atoms with Crippen LogP contribution in [0.15, 0.2) is 6.20 Å². The Balaban J connectivity index is 2.19. The Kier molecular flexibility index (Phi) is 3.54. The first-order valence-corrected chi connectivity index (χ1v) is 5.87. The molecule has 0 aliphatic carbocycles. The van der Waals surface area contributed by atoms with E-state index in [0.29, 0.717) is 5.69 Å². The zero-order chi connectivity index (χ0) is 12.4. The lowest BCUT2D eigenvalue weighted by Gasteiger charge is -2.25. The Morgan fingerprint density at radius 2 is 2.12 bits per heavy atom. The second kappa shape index (κ2) is 4.93. The van der Waals surface area contributed by atoms with Gasteiger partial charge in [-0.15, -0.1) is 5.10 Å². The number of hydrogen-bond donors (Lipinski definition) is 0. The summed E-state index contributed by atoms with van der Waals surface area (Å²) in [6.45, 7) is 2.75. The van der Waals surface area contributed by atoms with E-state index in [4.69, 9.17) is 0 Å².